The lowest BCUT2D eigenvalue weighted by Gasteiger charge is -2.19. The van der Waals surface area contributed by atoms with Crippen molar-refractivity contribution in [3.8, 4) is 5.75 Å². The lowest BCUT2D eigenvalue weighted by Crippen LogP contribution is -2.27. The SMILES string of the molecule is COc1ccc(C(=O)N(C)c2cc(Cl)ccc2N)cc1. The fourth-order valence-corrected chi connectivity index (χ4v) is 2.01. The second-order valence-corrected chi connectivity index (χ2v) is 4.73. The Morgan fingerprint density at radius 3 is 2.45 bits per heavy atom. The second-order valence-electron chi connectivity index (χ2n) is 4.30. The van der Waals surface area contributed by atoms with Gasteiger partial charge < -0.3 is 15.4 Å². The van der Waals surface area contributed by atoms with Crippen LogP contribution in [0, 0.1) is 0 Å². The number of rotatable bonds is 3. The number of ether oxygens (including phenoxy) is 1. The lowest BCUT2D eigenvalue weighted by atomic mass is 10.1. The van der Waals surface area contributed by atoms with E-state index in [9.17, 15) is 4.79 Å². The predicted octanol–water partition coefficient (Wildman–Crippen LogP) is 3.21. The lowest BCUT2D eigenvalue weighted by molar-refractivity contribution is 0.0993. The van der Waals surface area contributed by atoms with Crippen LogP contribution in [0.3, 0.4) is 0 Å². The second kappa shape index (κ2) is 5.84. The standard InChI is InChI=1S/C15H15ClN2O2/c1-18(14-9-11(16)5-8-13(14)17)15(19)10-3-6-12(20-2)7-4-10/h3-9H,17H2,1-2H3. The quantitative estimate of drug-likeness (QED) is 0.883. The number of nitrogens with two attached hydrogens (primary N) is 1. The van der Waals surface area contributed by atoms with E-state index in [1.54, 1.807) is 56.6 Å². The van der Waals surface area contributed by atoms with Crippen LogP contribution in [-0.2, 0) is 0 Å². The van der Waals surface area contributed by atoms with Crippen molar-refractivity contribution in [2.75, 3.05) is 24.8 Å². The average molecular weight is 291 g/mol. The van der Waals surface area contributed by atoms with Gasteiger partial charge in [0.1, 0.15) is 5.75 Å². The third-order valence-corrected chi connectivity index (χ3v) is 3.23. The van der Waals surface area contributed by atoms with Crippen LogP contribution in [0.2, 0.25) is 5.02 Å². The van der Waals surface area contributed by atoms with Gasteiger partial charge in [0.2, 0.25) is 0 Å². The van der Waals surface area contributed by atoms with Gasteiger partial charge in [-0.15, -0.1) is 0 Å². The fourth-order valence-electron chi connectivity index (χ4n) is 1.84. The molecule has 0 spiro atoms. The normalized spacial score (nSPS) is 10.2. The topological polar surface area (TPSA) is 55.6 Å². The molecule has 4 nitrogen and oxygen atoms in total. The Morgan fingerprint density at radius 1 is 1.20 bits per heavy atom. The molecule has 5 heteroatoms. The molecule has 0 saturated carbocycles. The number of nitrogens with zero attached hydrogens (tertiary/aromatic N) is 1. The van der Waals surface area contributed by atoms with Gasteiger partial charge in [-0.05, 0) is 42.5 Å². The molecule has 20 heavy (non-hydrogen) atoms. The third-order valence-electron chi connectivity index (χ3n) is 3.00. The first-order valence-electron chi connectivity index (χ1n) is 6.00. The van der Waals surface area contributed by atoms with E-state index < -0.39 is 0 Å². The number of hydrogen-bond donors (Lipinski definition) is 1. The summed E-state index contributed by atoms with van der Waals surface area (Å²) in [4.78, 5) is 13.9. The van der Waals surface area contributed by atoms with Crippen LogP contribution in [0.25, 0.3) is 0 Å². The first-order chi connectivity index (χ1) is 9.52. The number of methoxy groups -OCH3 is 1. The summed E-state index contributed by atoms with van der Waals surface area (Å²) in [6.07, 6.45) is 0. The Kier molecular flexibility index (Phi) is 4.15. The monoisotopic (exact) mass is 290 g/mol. The highest BCUT2D eigenvalue weighted by molar-refractivity contribution is 6.31. The molecule has 2 aromatic rings. The van der Waals surface area contributed by atoms with Gasteiger partial charge >= 0.3 is 0 Å². The number of benzene rings is 2. The number of hydrogen-bond acceptors (Lipinski definition) is 3. The highest BCUT2D eigenvalue weighted by Crippen LogP contribution is 2.27. The Morgan fingerprint density at radius 2 is 1.85 bits per heavy atom. The number of carbonyl (C=O) groups is 1. The minimum atomic E-state index is -0.165. The molecule has 0 unspecified atom stereocenters. The summed E-state index contributed by atoms with van der Waals surface area (Å²) in [5.74, 6) is 0.535. The molecule has 0 bridgehead atoms. The van der Waals surface area contributed by atoms with Gasteiger partial charge in [-0.1, -0.05) is 11.6 Å². The zero-order valence-corrected chi connectivity index (χ0v) is 12.0. The molecule has 104 valence electrons. The number of anilines is 2. The van der Waals surface area contributed by atoms with Crippen molar-refractivity contribution < 1.29 is 9.53 Å². The molecule has 2 aromatic carbocycles. The first kappa shape index (κ1) is 14.2. The van der Waals surface area contributed by atoms with Gasteiger partial charge in [0.25, 0.3) is 5.91 Å². The summed E-state index contributed by atoms with van der Waals surface area (Å²) >= 11 is 5.94. The smallest absolute Gasteiger partial charge is 0.258 e. The van der Waals surface area contributed by atoms with Gasteiger partial charge in [0.15, 0.2) is 0 Å². The van der Waals surface area contributed by atoms with Gasteiger partial charge in [-0.3, -0.25) is 4.79 Å². The highest BCUT2D eigenvalue weighted by Gasteiger charge is 2.16. The largest absolute Gasteiger partial charge is 0.497 e. The van der Waals surface area contributed by atoms with E-state index in [0.29, 0.717) is 27.7 Å². The maximum absolute atomic E-state index is 12.4. The number of halogens is 1. The van der Waals surface area contributed by atoms with E-state index in [2.05, 4.69) is 0 Å². The molecule has 0 heterocycles. The molecule has 0 aromatic heterocycles. The summed E-state index contributed by atoms with van der Waals surface area (Å²) in [6, 6.07) is 11.9. The van der Waals surface area contributed by atoms with Gasteiger partial charge in [0.05, 0.1) is 18.5 Å². The molecule has 0 radical (unpaired) electrons. The molecule has 0 aliphatic heterocycles. The molecule has 0 fully saturated rings. The van der Waals surface area contributed by atoms with Crippen LogP contribution in [0.1, 0.15) is 10.4 Å². The molecule has 0 atom stereocenters. The van der Waals surface area contributed by atoms with Gasteiger partial charge in [-0.2, -0.15) is 0 Å². The van der Waals surface area contributed by atoms with Crippen molar-refractivity contribution >= 4 is 28.9 Å². The van der Waals surface area contributed by atoms with Crippen LogP contribution < -0.4 is 15.4 Å². The Bertz CT molecular complexity index is 626. The zero-order chi connectivity index (χ0) is 14.7. The van der Waals surface area contributed by atoms with Crippen LogP contribution in [0.5, 0.6) is 5.75 Å². The maximum atomic E-state index is 12.4. The molecule has 0 saturated heterocycles. The average Bonchev–Trinajstić information content (AvgIpc) is 2.48. The molecule has 2 rings (SSSR count). The van der Waals surface area contributed by atoms with E-state index in [0.717, 1.165) is 0 Å². The summed E-state index contributed by atoms with van der Waals surface area (Å²) in [5, 5.41) is 0.531. The van der Waals surface area contributed by atoms with Crippen LogP contribution in [0.4, 0.5) is 11.4 Å². The van der Waals surface area contributed by atoms with Crippen LogP contribution >= 0.6 is 11.6 Å². The summed E-state index contributed by atoms with van der Waals surface area (Å²) in [5.41, 5.74) is 7.51. The van der Waals surface area contributed by atoms with E-state index in [-0.39, 0.29) is 5.91 Å². The molecule has 0 aliphatic rings. The molecular formula is C15H15ClN2O2. The summed E-state index contributed by atoms with van der Waals surface area (Å²) < 4.78 is 5.07. The van der Waals surface area contributed by atoms with E-state index in [4.69, 9.17) is 22.1 Å². The van der Waals surface area contributed by atoms with E-state index in [1.165, 1.54) is 4.90 Å². The Hall–Kier alpha value is -2.20. The number of amides is 1. The van der Waals surface area contributed by atoms with E-state index >= 15 is 0 Å². The van der Waals surface area contributed by atoms with Crippen molar-refractivity contribution in [2.24, 2.45) is 0 Å². The van der Waals surface area contributed by atoms with Crippen molar-refractivity contribution in [2.45, 2.75) is 0 Å². The minimum Gasteiger partial charge on any atom is -0.497 e. The Labute approximate surface area is 122 Å². The van der Waals surface area contributed by atoms with Crippen molar-refractivity contribution in [3.05, 3.63) is 53.1 Å². The number of nitrogen functional groups attached to an aromatic ring is 1. The van der Waals surface area contributed by atoms with Crippen LogP contribution in [0.15, 0.2) is 42.5 Å². The maximum Gasteiger partial charge on any atom is 0.258 e. The third kappa shape index (κ3) is 2.86. The van der Waals surface area contributed by atoms with Crippen molar-refractivity contribution in [3.63, 3.8) is 0 Å². The number of carbonyl (C=O) groups excluding carboxylic acids is 1. The van der Waals surface area contributed by atoms with Gasteiger partial charge in [-0.25, -0.2) is 0 Å². The summed E-state index contributed by atoms with van der Waals surface area (Å²) in [6.45, 7) is 0. The van der Waals surface area contributed by atoms with Crippen molar-refractivity contribution in [1.82, 2.24) is 0 Å². The van der Waals surface area contributed by atoms with Gasteiger partial charge in [0, 0.05) is 17.6 Å². The first-order valence-corrected chi connectivity index (χ1v) is 6.38. The Balaban J connectivity index is 2.29. The highest BCUT2D eigenvalue weighted by atomic mass is 35.5. The molecule has 1 amide bonds. The predicted molar refractivity (Wildman–Crippen MR) is 81.6 cm³/mol. The molecule has 2 N–H and O–H groups in total. The van der Waals surface area contributed by atoms with Crippen molar-refractivity contribution in [1.29, 1.82) is 0 Å². The fraction of sp³-hybridized carbons (Fsp3) is 0.133. The molecular weight excluding hydrogens is 276 g/mol. The summed E-state index contributed by atoms with van der Waals surface area (Å²) in [7, 11) is 3.24. The minimum absolute atomic E-state index is 0.165. The molecule has 0 aliphatic carbocycles. The zero-order valence-electron chi connectivity index (χ0n) is 11.3. The van der Waals surface area contributed by atoms with Crippen LogP contribution in [-0.4, -0.2) is 20.1 Å². The van der Waals surface area contributed by atoms with E-state index in [1.807, 2.05) is 0 Å².